The monoisotopic (exact) mass is 262 g/mol. The zero-order valence-electron chi connectivity index (χ0n) is 10.9. The Morgan fingerprint density at radius 2 is 2.16 bits per heavy atom. The molecule has 0 saturated carbocycles. The van der Waals surface area contributed by atoms with Crippen LogP contribution in [0.5, 0.6) is 0 Å². The van der Waals surface area contributed by atoms with E-state index in [9.17, 15) is 14.7 Å². The van der Waals surface area contributed by atoms with Gasteiger partial charge in [0.05, 0.1) is 5.92 Å². The summed E-state index contributed by atoms with van der Waals surface area (Å²) in [6.45, 7) is 2.24. The minimum absolute atomic E-state index is 0.110. The van der Waals surface area contributed by atoms with Gasteiger partial charge in [-0.3, -0.25) is 9.59 Å². The highest BCUT2D eigenvalue weighted by Gasteiger charge is 2.33. The van der Waals surface area contributed by atoms with Crippen molar-refractivity contribution in [2.75, 3.05) is 18.0 Å². The van der Waals surface area contributed by atoms with Gasteiger partial charge < -0.3 is 15.7 Å². The average Bonchev–Trinajstić information content (AvgIpc) is 2.44. The van der Waals surface area contributed by atoms with Gasteiger partial charge in [-0.25, -0.2) is 0 Å². The van der Waals surface area contributed by atoms with Crippen LogP contribution in [0.15, 0.2) is 24.3 Å². The van der Waals surface area contributed by atoms with Crippen molar-refractivity contribution < 1.29 is 14.7 Å². The summed E-state index contributed by atoms with van der Waals surface area (Å²) in [5.41, 5.74) is 7.24. The van der Waals surface area contributed by atoms with Crippen molar-refractivity contribution in [3.8, 4) is 0 Å². The molecule has 102 valence electrons. The molecular formula is C14H18N2O3. The Labute approximate surface area is 112 Å². The van der Waals surface area contributed by atoms with Crippen LogP contribution in [0.25, 0.3) is 0 Å². The number of nitrogens with two attached hydrogens (primary N) is 1. The number of rotatable bonds is 3. The largest absolute Gasteiger partial charge is 0.481 e. The minimum atomic E-state index is -0.868. The summed E-state index contributed by atoms with van der Waals surface area (Å²) in [5.74, 6) is -1.84. The molecule has 1 aliphatic heterocycles. The lowest BCUT2D eigenvalue weighted by atomic mass is 9.91. The fraction of sp³-hybridized carbons (Fsp3) is 0.429. The number of fused-ring (bicyclic) bond motifs is 1. The predicted octanol–water partition coefficient (Wildman–Crippen LogP) is 0.871. The maximum Gasteiger partial charge on any atom is 0.308 e. The molecule has 19 heavy (non-hydrogen) atoms. The van der Waals surface area contributed by atoms with Crippen LogP contribution < -0.4 is 10.6 Å². The first-order valence-corrected chi connectivity index (χ1v) is 6.36. The number of anilines is 1. The minimum Gasteiger partial charge on any atom is -0.481 e. The van der Waals surface area contributed by atoms with E-state index in [0.717, 1.165) is 11.3 Å². The van der Waals surface area contributed by atoms with Gasteiger partial charge in [0.15, 0.2) is 0 Å². The van der Waals surface area contributed by atoms with Gasteiger partial charge in [0.2, 0.25) is 5.91 Å². The lowest BCUT2D eigenvalue weighted by molar-refractivity contribution is -0.141. The van der Waals surface area contributed by atoms with Crippen molar-refractivity contribution in [2.24, 2.45) is 17.6 Å². The fourth-order valence-electron chi connectivity index (χ4n) is 2.34. The SMILES string of the molecule is CC(CN)C(=O)N1CC(C(=O)O)Cc2ccccc21. The number of hydrogen-bond acceptors (Lipinski definition) is 3. The Bertz CT molecular complexity index is 501. The molecule has 5 heteroatoms. The number of nitrogens with zero attached hydrogens (tertiary/aromatic N) is 1. The quantitative estimate of drug-likeness (QED) is 0.846. The molecule has 1 aliphatic rings. The van der Waals surface area contributed by atoms with Crippen molar-refractivity contribution in [2.45, 2.75) is 13.3 Å². The number of hydrogen-bond donors (Lipinski definition) is 2. The van der Waals surface area contributed by atoms with Gasteiger partial charge >= 0.3 is 5.97 Å². The number of benzene rings is 1. The number of carboxylic acid groups (broad SMARTS) is 1. The molecular weight excluding hydrogens is 244 g/mol. The van der Waals surface area contributed by atoms with Crippen molar-refractivity contribution in [3.63, 3.8) is 0 Å². The molecule has 2 rings (SSSR count). The first-order valence-electron chi connectivity index (χ1n) is 6.36. The number of amides is 1. The van der Waals surface area contributed by atoms with Gasteiger partial charge in [-0.05, 0) is 18.1 Å². The molecule has 2 atom stereocenters. The van der Waals surface area contributed by atoms with E-state index < -0.39 is 11.9 Å². The molecule has 3 N–H and O–H groups in total. The Morgan fingerprint density at radius 1 is 1.47 bits per heavy atom. The summed E-state index contributed by atoms with van der Waals surface area (Å²) < 4.78 is 0. The van der Waals surface area contributed by atoms with E-state index in [4.69, 9.17) is 5.73 Å². The molecule has 0 aromatic heterocycles. The van der Waals surface area contributed by atoms with E-state index in [0.29, 0.717) is 6.42 Å². The Kier molecular flexibility index (Phi) is 3.85. The van der Waals surface area contributed by atoms with E-state index in [1.54, 1.807) is 11.8 Å². The van der Waals surface area contributed by atoms with Crippen LogP contribution >= 0.6 is 0 Å². The Balaban J connectivity index is 2.36. The van der Waals surface area contributed by atoms with Crippen molar-refractivity contribution in [3.05, 3.63) is 29.8 Å². The predicted molar refractivity (Wildman–Crippen MR) is 71.8 cm³/mol. The third kappa shape index (κ3) is 2.61. The van der Waals surface area contributed by atoms with E-state index in [1.807, 2.05) is 24.3 Å². The zero-order chi connectivity index (χ0) is 14.0. The topological polar surface area (TPSA) is 83.6 Å². The van der Waals surface area contributed by atoms with E-state index in [-0.39, 0.29) is 24.9 Å². The van der Waals surface area contributed by atoms with Crippen LogP contribution in [0.2, 0.25) is 0 Å². The standard InChI is InChI=1S/C14H18N2O3/c1-9(7-15)13(17)16-8-11(14(18)19)6-10-4-2-3-5-12(10)16/h2-5,9,11H,6-8,15H2,1H3,(H,18,19). The molecule has 0 aliphatic carbocycles. The second-order valence-corrected chi connectivity index (χ2v) is 4.95. The average molecular weight is 262 g/mol. The molecule has 0 spiro atoms. The number of para-hydroxylation sites is 1. The third-order valence-corrected chi connectivity index (χ3v) is 3.54. The molecule has 0 radical (unpaired) electrons. The summed E-state index contributed by atoms with van der Waals surface area (Å²) >= 11 is 0. The molecule has 1 aromatic rings. The molecule has 1 amide bonds. The van der Waals surface area contributed by atoms with Crippen molar-refractivity contribution in [1.29, 1.82) is 0 Å². The van der Waals surface area contributed by atoms with Crippen LogP contribution in [0.3, 0.4) is 0 Å². The van der Waals surface area contributed by atoms with Gasteiger partial charge in [-0.1, -0.05) is 25.1 Å². The second-order valence-electron chi connectivity index (χ2n) is 4.95. The van der Waals surface area contributed by atoms with Gasteiger partial charge in [0.25, 0.3) is 0 Å². The van der Waals surface area contributed by atoms with Crippen LogP contribution in [-0.4, -0.2) is 30.1 Å². The van der Waals surface area contributed by atoms with Crippen molar-refractivity contribution in [1.82, 2.24) is 0 Å². The molecule has 0 fully saturated rings. The summed E-state index contributed by atoms with van der Waals surface area (Å²) in [5, 5.41) is 9.20. The molecule has 0 bridgehead atoms. The van der Waals surface area contributed by atoms with Crippen LogP contribution in [-0.2, 0) is 16.0 Å². The van der Waals surface area contributed by atoms with Crippen molar-refractivity contribution >= 4 is 17.6 Å². The maximum absolute atomic E-state index is 12.3. The van der Waals surface area contributed by atoms with Crippen LogP contribution in [0.4, 0.5) is 5.69 Å². The highest BCUT2D eigenvalue weighted by atomic mass is 16.4. The number of carbonyl (C=O) groups excluding carboxylic acids is 1. The number of carbonyl (C=O) groups is 2. The lowest BCUT2D eigenvalue weighted by Gasteiger charge is -2.34. The normalized spacial score (nSPS) is 19.7. The number of carboxylic acids is 1. The molecule has 1 heterocycles. The molecule has 2 unspecified atom stereocenters. The summed E-state index contributed by atoms with van der Waals surface area (Å²) in [6.07, 6.45) is 0.465. The van der Waals surface area contributed by atoms with E-state index in [2.05, 4.69) is 0 Å². The first-order chi connectivity index (χ1) is 9.04. The fourth-order valence-corrected chi connectivity index (χ4v) is 2.34. The van der Waals surface area contributed by atoms with E-state index in [1.165, 1.54) is 0 Å². The summed E-state index contributed by atoms with van der Waals surface area (Å²) in [6, 6.07) is 7.44. The van der Waals surface area contributed by atoms with Gasteiger partial charge in [0, 0.05) is 24.7 Å². The maximum atomic E-state index is 12.3. The van der Waals surface area contributed by atoms with Crippen LogP contribution in [0, 0.1) is 11.8 Å². The second kappa shape index (κ2) is 5.40. The molecule has 1 aromatic carbocycles. The van der Waals surface area contributed by atoms with Gasteiger partial charge in [-0.2, -0.15) is 0 Å². The molecule has 0 saturated heterocycles. The third-order valence-electron chi connectivity index (χ3n) is 3.54. The van der Waals surface area contributed by atoms with Gasteiger partial charge in [-0.15, -0.1) is 0 Å². The Hall–Kier alpha value is -1.88. The van der Waals surface area contributed by atoms with E-state index >= 15 is 0 Å². The van der Waals surface area contributed by atoms with Gasteiger partial charge in [0.1, 0.15) is 0 Å². The zero-order valence-corrected chi connectivity index (χ0v) is 10.9. The number of aliphatic carboxylic acids is 1. The van der Waals surface area contributed by atoms with Crippen LogP contribution in [0.1, 0.15) is 12.5 Å². The lowest BCUT2D eigenvalue weighted by Crippen LogP contribution is -2.46. The Morgan fingerprint density at radius 3 is 2.79 bits per heavy atom. The highest BCUT2D eigenvalue weighted by Crippen LogP contribution is 2.30. The summed E-state index contributed by atoms with van der Waals surface area (Å²) in [7, 11) is 0. The highest BCUT2D eigenvalue weighted by molar-refractivity contribution is 5.97. The smallest absolute Gasteiger partial charge is 0.308 e. The summed E-state index contributed by atoms with van der Waals surface area (Å²) in [4.78, 5) is 25.1. The first kappa shape index (κ1) is 13.5. The molecule has 5 nitrogen and oxygen atoms in total.